The van der Waals surface area contributed by atoms with Gasteiger partial charge in [-0.1, -0.05) is 11.8 Å². The number of hydrogen-bond donors (Lipinski definition) is 1. The summed E-state index contributed by atoms with van der Waals surface area (Å²) in [7, 11) is 0. The van der Waals surface area contributed by atoms with Gasteiger partial charge in [0.05, 0.1) is 5.75 Å². The van der Waals surface area contributed by atoms with Crippen molar-refractivity contribution in [1.29, 1.82) is 0 Å². The Hall–Kier alpha value is -2.42. The van der Waals surface area contributed by atoms with E-state index in [1.54, 1.807) is 6.33 Å². The molecule has 0 bridgehead atoms. The highest BCUT2D eigenvalue weighted by atomic mass is 32.2. The largest absolute Gasteiger partial charge is 0.328 e. The Bertz CT molecular complexity index is 814. The van der Waals surface area contributed by atoms with Crippen LogP contribution in [0.1, 0.15) is 40.7 Å². The zero-order chi connectivity index (χ0) is 20.9. The van der Waals surface area contributed by atoms with E-state index >= 15 is 0 Å². The number of nitrogens with zero attached hydrogens (tertiary/aromatic N) is 4. The van der Waals surface area contributed by atoms with Crippen LogP contribution in [0, 0.1) is 5.82 Å². The fourth-order valence-corrected chi connectivity index (χ4v) is 3.39. The first-order chi connectivity index (χ1) is 13.1. The van der Waals surface area contributed by atoms with Crippen LogP contribution >= 0.6 is 11.8 Å². The molecule has 2 aromatic rings. The molecular formula is C19H26FN5O2S. The molecule has 152 valence electrons. The van der Waals surface area contributed by atoms with Gasteiger partial charge in [-0.25, -0.2) is 4.39 Å². The number of hydrogen-bond acceptors (Lipinski definition) is 5. The molecular weight excluding hydrogens is 381 g/mol. The summed E-state index contributed by atoms with van der Waals surface area (Å²) in [4.78, 5) is 26.7. The molecule has 0 aliphatic carbocycles. The molecule has 7 nitrogen and oxygen atoms in total. The summed E-state index contributed by atoms with van der Waals surface area (Å²) < 4.78 is 14.9. The van der Waals surface area contributed by atoms with Gasteiger partial charge >= 0.3 is 0 Å². The van der Waals surface area contributed by atoms with Gasteiger partial charge in [0.15, 0.2) is 5.16 Å². The highest BCUT2D eigenvalue weighted by molar-refractivity contribution is 7.99. The SMILES string of the molecule is CC(C)n1cnnc1SCC(=O)N(CC(=O)Nc1ccc(F)cc1)C(C)(C)C. The lowest BCUT2D eigenvalue weighted by Crippen LogP contribution is -2.50. The lowest BCUT2D eigenvalue weighted by atomic mass is 10.1. The first-order valence-electron chi connectivity index (χ1n) is 8.96. The maximum absolute atomic E-state index is 13.0. The van der Waals surface area contributed by atoms with Gasteiger partial charge in [-0.2, -0.15) is 0 Å². The minimum Gasteiger partial charge on any atom is -0.328 e. The number of aromatic nitrogens is 3. The van der Waals surface area contributed by atoms with Crippen molar-refractivity contribution in [3.8, 4) is 0 Å². The van der Waals surface area contributed by atoms with Crippen molar-refractivity contribution in [3.05, 3.63) is 36.4 Å². The molecule has 0 aliphatic rings. The van der Waals surface area contributed by atoms with Crippen molar-refractivity contribution in [2.45, 2.75) is 51.4 Å². The van der Waals surface area contributed by atoms with Crippen LogP contribution in [-0.2, 0) is 9.59 Å². The predicted octanol–water partition coefficient (Wildman–Crippen LogP) is 3.36. The minimum absolute atomic E-state index is 0.100. The number of amides is 2. The Labute approximate surface area is 168 Å². The predicted molar refractivity (Wildman–Crippen MR) is 108 cm³/mol. The standard InChI is InChI=1S/C19H26FN5O2S/c1-13(2)24-12-21-23-18(24)28-11-17(27)25(19(3,4)5)10-16(26)22-15-8-6-14(20)7-9-15/h6-9,12-13H,10-11H2,1-5H3,(H,22,26). The molecule has 28 heavy (non-hydrogen) atoms. The highest BCUT2D eigenvalue weighted by Crippen LogP contribution is 2.21. The summed E-state index contributed by atoms with van der Waals surface area (Å²) in [5.74, 6) is -0.752. The first kappa shape index (κ1) is 21.9. The number of carbonyl (C=O) groups is 2. The van der Waals surface area contributed by atoms with Gasteiger partial charge < -0.3 is 14.8 Å². The molecule has 1 N–H and O–H groups in total. The summed E-state index contributed by atoms with van der Waals surface area (Å²) in [5.41, 5.74) is -0.0594. The fourth-order valence-electron chi connectivity index (χ4n) is 2.47. The molecule has 9 heteroatoms. The minimum atomic E-state index is -0.538. The Morgan fingerprint density at radius 1 is 1.25 bits per heavy atom. The van der Waals surface area contributed by atoms with Crippen molar-refractivity contribution in [2.75, 3.05) is 17.6 Å². The van der Waals surface area contributed by atoms with Crippen LogP contribution in [-0.4, -0.2) is 49.3 Å². The molecule has 0 radical (unpaired) electrons. The molecule has 0 aliphatic heterocycles. The van der Waals surface area contributed by atoms with Crippen molar-refractivity contribution in [1.82, 2.24) is 19.7 Å². The van der Waals surface area contributed by atoms with Crippen molar-refractivity contribution in [3.63, 3.8) is 0 Å². The Kier molecular flexibility index (Phi) is 7.17. The van der Waals surface area contributed by atoms with Crippen molar-refractivity contribution >= 4 is 29.3 Å². The molecule has 2 amide bonds. The van der Waals surface area contributed by atoms with E-state index in [-0.39, 0.29) is 36.0 Å². The number of thioether (sulfide) groups is 1. The Morgan fingerprint density at radius 3 is 2.46 bits per heavy atom. The van der Waals surface area contributed by atoms with Gasteiger partial charge in [0.2, 0.25) is 11.8 Å². The molecule has 2 rings (SSSR count). The second-order valence-electron chi connectivity index (χ2n) is 7.61. The third-order valence-electron chi connectivity index (χ3n) is 3.96. The van der Waals surface area contributed by atoms with Gasteiger partial charge in [0, 0.05) is 17.3 Å². The summed E-state index contributed by atoms with van der Waals surface area (Å²) in [6.07, 6.45) is 1.63. The zero-order valence-corrected chi connectivity index (χ0v) is 17.6. The van der Waals surface area contributed by atoms with E-state index in [0.717, 1.165) is 0 Å². The van der Waals surface area contributed by atoms with Gasteiger partial charge in [-0.3, -0.25) is 9.59 Å². The number of rotatable bonds is 7. The van der Waals surface area contributed by atoms with E-state index in [1.807, 2.05) is 39.2 Å². The molecule has 0 fully saturated rings. The van der Waals surface area contributed by atoms with E-state index < -0.39 is 5.54 Å². The third-order valence-corrected chi connectivity index (χ3v) is 4.90. The van der Waals surface area contributed by atoms with Crippen molar-refractivity contribution < 1.29 is 14.0 Å². The van der Waals surface area contributed by atoms with Crippen LogP contribution in [0.15, 0.2) is 35.7 Å². The molecule has 0 saturated heterocycles. The van der Waals surface area contributed by atoms with Crippen LogP contribution < -0.4 is 5.32 Å². The summed E-state index contributed by atoms with van der Waals surface area (Å²) in [6.45, 7) is 9.54. The maximum Gasteiger partial charge on any atom is 0.244 e. The first-order valence-corrected chi connectivity index (χ1v) is 9.94. The van der Waals surface area contributed by atoms with Crippen LogP contribution in [0.25, 0.3) is 0 Å². The molecule has 0 unspecified atom stereocenters. The normalized spacial score (nSPS) is 11.5. The van der Waals surface area contributed by atoms with E-state index in [9.17, 15) is 14.0 Å². The van der Waals surface area contributed by atoms with E-state index in [2.05, 4.69) is 15.5 Å². The van der Waals surface area contributed by atoms with E-state index in [4.69, 9.17) is 0 Å². The summed E-state index contributed by atoms with van der Waals surface area (Å²) in [5, 5.41) is 11.3. The maximum atomic E-state index is 13.0. The number of benzene rings is 1. The molecule has 1 aromatic heterocycles. The molecule has 0 spiro atoms. The lowest BCUT2D eigenvalue weighted by Gasteiger charge is -2.35. The van der Waals surface area contributed by atoms with Crippen molar-refractivity contribution in [2.24, 2.45) is 0 Å². The number of nitrogens with one attached hydrogen (secondary N) is 1. The van der Waals surface area contributed by atoms with Gasteiger partial charge in [0.25, 0.3) is 0 Å². The second-order valence-corrected chi connectivity index (χ2v) is 8.55. The molecule has 0 saturated carbocycles. The zero-order valence-electron chi connectivity index (χ0n) is 16.8. The fraction of sp³-hybridized carbons (Fsp3) is 0.474. The van der Waals surface area contributed by atoms with Gasteiger partial charge in [-0.15, -0.1) is 10.2 Å². The Balaban J connectivity index is 2.01. The number of halogens is 1. The second kappa shape index (κ2) is 9.18. The quantitative estimate of drug-likeness (QED) is 0.712. The lowest BCUT2D eigenvalue weighted by molar-refractivity contribution is -0.137. The van der Waals surface area contributed by atoms with Gasteiger partial charge in [0.1, 0.15) is 18.7 Å². The van der Waals surface area contributed by atoms with E-state index in [0.29, 0.717) is 10.8 Å². The molecule has 0 atom stereocenters. The smallest absolute Gasteiger partial charge is 0.244 e. The average molecular weight is 408 g/mol. The van der Waals surface area contributed by atoms with Crippen LogP contribution in [0.5, 0.6) is 0 Å². The highest BCUT2D eigenvalue weighted by Gasteiger charge is 2.28. The van der Waals surface area contributed by atoms with Crippen LogP contribution in [0.4, 0.5) is 10.1 Å². The number of carbonyl (C=O) groups excluding carboxylic acids is 2. The monoisotopic (exact) mass is 407 g/mol. The Morgan fingerprint density at radius 2 is 1.89 bits per heavy atom. The average Bonchev–Trinajstić information content (AvgIpc) is 3.07. The van der Waals surface area contributed by atoms with Gasteiger partial charge in [-0.05, 0) is 58.9 Å². The number of anilines is 1. The summed E-state index contributed by atoms with van der Waals surface area (Å²) in [6, 6.07) is 5.68. The third kappa shape index (κ3) is 6.05. The van der Waals surface area contributed by atoms with Crippen LogP contribution in [0.2, 0.25) is 0 Å². The molecule has 1 aromatic carbocycles. The summed E-state index contributed by atoms with van der Waals surface area (Å²) >= 11 is 1.29. The van der Waals surface area contributed by atoms with Crippen LogP contribution in [0.3, 0.4) is 0 Å². The molecule has 1 heterocycles. The van der Waals surface area contributed by atoms with E-state index in [1.165, 1.54) is 40.9 Å². The topological polar surface area (TPSA) is 80.1 Å².